The summed E-state index contributed by atoms with van der Waals surface area (Å²) >= 11 is 0. The van der Waals surface area contributed by atoms with Gasteiger partial charge < -0.3 is 22.5 Å². The first-order valence-corrected chi connectivity index (χ1v) is 17.7. The first kappa shape index (κ1) is 41.6. The summed E-state index contributed by atoms with van der Waals surface area (Å²) in [5.41, 5.74) is 2.97. The molecule has 43 heavy (non-hydrogen) atoms. The van der Waals surface area contributed by atoms with Crippen LogP contribution in [-0.4, -0.2) is 86.2 Å². The van der Waals surface area contributed by atoms with Crippen molar-refractivity contribution in [3.05, 3.63) is 48.1 Å². The van der Waals surface area contributed by atoms with E-state index in [0.29, 0.717) is 6.04 Å². The molecule has 1 aromatic rings. The van der Waals surface area contributed by atoms with Crippen LogP contribution in [0.3, 0.4) is 0 Å². The molecule has 2 saturated heterocycles. The monoisotopic (exact) mass is 756 g/mol. The number of nitrogens with zero attached hydrogens (tertiary/aromatic N) is 4. The molecule has 1 aliphatic carbocycles. The number of piperazine rings is 2. The Balaban J connectivity index is 0.000000415. The molecule has 1 aromatic carbocycles. The van der Waals surface area contributed by atoms with Gasteiger partial charge in [-0.3, -0.25) is 4.90 Å². The van der Waals surface area contributed by atoms with Gasteiger partial charge in [-0.2, -0.15) is 0 Å². The molecule has 0 spiro atoms. The van der Waals surface area contributed by atoms with E-state index in [1.165, 1.54) is 128 Å². The van der Waals surface area contributed by atoms with Crippen LogP contribution in [0.1, 0.15) is 104 Å². The Morgan fingerprint density at radius 1 is 0.674 bits per heavy atom. The normalized spacial score (nSPS) is 22.2. The van der Waals surface area contributed by atoms with Crippen LogP contribution in [0.2, 0.25) is 0 Å². The fraction of sp³-hybridized carbons (Fsp3) is 0.816. The van der Waals surface area contributed by atoms with Gasteiger partial charge in [0.25, 0.3) is 0 Å². The molecule has 1 saturated carbocycles. The molecule has 3 fully saturated rings. The van der Waals surface area contributed by atoms with Crippen molar-refractivity contribution in [2.75, 3.05) is 65.4 Å². The van der Waals surface area contributed by atoms with E-state index in [1.54, 1.807) is 0 Å². The Morgan fingerprint density at radius 3 is 1.77 bits per heavy atom. The average molecular weight is 756 g/mol. The molecule has 2 heterocycles. The van der Waals surface area contributed by atoms with E-state index in [2.05, 4.69) is 85.8 Å². The smallest absolute Gasteiger partial charge is 0.660 e. The van der Waals surface area contributed by atoms with E-state index in [0.717, 1.165) is 36.8 Å². The molecule has 0 amide bonds. The Labute approximate surface area is 308 Å². The Morgan fingerprint density at radius 2 is 1.21 bits per heavy atom. The maximum atomic E-state index is 4.42. The van der Waals surface area contributed by atoms with Crippen LogP contribution in [-0.2, 0) is 12.8 Å². The number of aryl methyl sites for hydroxylation is 1. The molecule has 0 N–H and O–H groups in total. The third kappa shape index (κ3) is 17.9. The molecule has 4 nitrogen and oxygen atoms in total. The standard InChI is InChI=1S/C20H34N2.C17H33N2.CH3.Yb/c1-17(2)16-20-9-7-19(8-10-20)6-5-11-21-12-14-22(15-13-21)18(3)4;1-15(2)14-17-7-5-16(6-8-17)4-3-11-19-12-9-18-10-13-19;;/h7-10,17-18H,5-6,11-16H2,1-4H3;15-17H,3-14H2,1-2H3;1H3;/q;2*-1;+2. The molecule has 0 unspecified atom stereocenters. The predicted molar refractivity (Wildman–Crippen MR) is 187 cm³/mol. The van der Waals surface area contributed by atoms with Crippen LogP contribution in [0, 0.1) is 78.0 Å². The van der Waals surface area contributed by atoms with Gasteiger partial charge in [0.15, 0.2) is 0 Å². The van der Waals surface area contributed by atoms with Crippen LogP contribution in [0.4, 0.5) is 0 Å². The van der Waals surface area contributed by atoms with Crippen molar-refractivity contribution in [3.63, 3.8) is 0 Å². The van der Waals surface area contributed by atoms with Crippen molar-refractivity contribution in [2.45, 2.75) is 112 Å². The number of rotatable bonds is 13. The molecule has 0 atom stereocenters. The summed E-state index contributed by atoms with van der Waals surface area (Å²) in [5, 5.41) is 4.42. The first-order chi connectivity index (χ1) is 19.8. The van der Waals surface area contributed by atoms with E-state index in [1.807, 2.05) is 0 Å². The van der Waals surface area contributed by atoms with E-state index in [-0.39, 0.29) is 54.4 Å². The van der Waals surface area contributed by atoms with E-state index < -0.39 is 0 Å². The largest absolute Gasteiger partial charge is 2.00 e. The fourth-order valence-corrected chi connectivity index (χ4v) is 7.22. The Hall–Kier alpha value is 0.579. The first-order valence-electron chi connectivity index (χ1n) is 17.7. The Kier molecular flexibility index (Phi) is 23.1. The summed E-state index contributed by atoms with van der Waals surface area (Å²) in [7, 11) is 0. The second-order valence-corrected chi connectivity index (χ2v) is 14.7. The minimum Gasteiger partial charge on any atom is -0.660 e. The number of benzene rings is 1. The quantitative estimate of drug-likeness (QED) is 0.189. The van der Waals surface area contributed by atoms with Crippen molar-refractivity contribution in [1.82, 2.24) is 14.7 Å². The summed E-state index contributed by atoms with van der Waals surface area (Å²) in [6.45, 7) is 26.0. The zero-order valence-corrected chi connectivity index (χ0v) is 31.1. The second-order valence-electron chi connectivity index (χ2n) is 14.7. The van der Waals surface area contributed by atoms with Gasteiger partial charge in [0.05, 0.1) is 0 Å². The third-order valence-electron chi connectivity index (χ3n) is 9.75. The van der Waals surface area contributed by atoms with E-state index >= 15 is 0 Å². The summed E-state index contributed by atoms with van der Waals surface area (Å²) in [6.07, 6.45) is 14.1. The molecule has 0 bridgehead atoms. The van der Waals surface area contributed by atoms with E-state index in [9.17, 15) is 0 Å². The third-order valence-corrected chi connectivity index (χ3v) is 9.75. The number of hydrogen-bond acceptors (Lipinski definition) is 3. The van der Waals surface area contributed by atoms with Crippen molar-refractivity contribution in [3.8, 4) is 0 Å². The molecular weight excluding hydrogens is 685 g/mol. The van der Waals surface area contributed by atoms with Gasteiger partial charge in [0.1, 0.15) is 0 Å². The number of hydrogen-bond donors (Lipinski definition) is 0. The fourth-order valence-electron chi connectivity index (χ4n) is 7.22. The van der Waals surface area contributed by atoms with E-state index in [4.69, 9.17) is 0 Å². The molecule has 0 radical (unpaired) electrons. The molecule has 0 aromatic heterocycles. The van der Waals surface area contributed by atoms with Gasteiger partial charge >= 0.3 is 46.9 Å². The van der Waals surface area contributed by atoms with Crippen LogP contribution in [0.15, 0.2) is 24.3 Å². The molecule has 2 aliphatic heterocycles. The Bertz CT molecular complexity index is 774. The van der Waals surface area contributed by atoms with Crippen LogP contribution < -0.4 is 0 Å². The van der Waals surface area contributed by atoms with Crippen LogP contribution in [0.25, 0.3) is 5.32 Å². The minimum absolute atomic E-state index is 0. The summed E-state index contributed by atoms with van der Waals surface area (Å²) in [4.78, 5) is 7.83. The topological polar surface area (TPSA) is 23.8 Å². The van der Waals surface area contributed by atoms with Crippen molar-refractivity contribution in [2.24, 2.45) is 23.7 Å². The van der Waals surface area contributed by atoms with Gasteiger partial charge in [-0.25, -0.2) is 0 Å². The summed E-state index contributed by atoms with van der Waals surface area (Å²) in [6, 6.07) is 9.99. The molecular formula is C38H70N4Yb. The second kappa shape index (κ2) is 23.8. The molecule has 256 valence electrons. The maximum absolute atomic E-state index is 4.42. The zero-order chi connectivity index (χ0) is 29.5. The van der Waals surface area contributed by atoms with Gasteiger partial charge in [-0.05, 0) is 113 Å². The van der Waals surface area contributed by atoms with Crippen molar-refractivity contribution < 1.29 is 46.9 Å². The summed E-state index contributed by atoms with van der Waals surface area (Å²) in [5.74, 6) is 3.72. The SMILES string of the molecule is CC(C)CC1CCC(CCCN2CC[N-]CC2)CC1.CC(C)Cc1ccc(CCCN2CCN(C(C)C)CC2)cc1.[CH3-].[Yb+2]. The molecule has 5 heteroatoms. The van der Waals surface area contributed by atoms with Crippen LogP contribution in [0.5, 0.6) is 0 Å². The van der Waals surface area contributed by atoms with Crippen molar-refractivity contribution >= 4 is 0 Å². The van der Waals surface area contributed by atoms with Gasteiger partial charge in [0, 0.05) is 32.2 Å². The van der Waals surface area contributed by atoms with Crippen molar-refractivity contribution in [1.29, 1.82) is 0 Å². The molecule has 4 rings (SSSR count). The van der Waals surface area contributed by atoms with Crippen LogP contribution >= 0.6 is 0 Å². The predicted octanol–water partition coefficient (Wildman–Crippen LogP) is 8.60. The zero-order valence-electron chi connectivity index (χ0n) is 29.4. The molecule has 3 aliphatic rings. The average Bonchev–Trinajstić information content (AvgIpc) is 2.96. The van der Waals surface area contributed by atoms with Gasteiger partial charge in [-0.1, -0.05) is 77.6 Å². The maximum Gasteiger partial charge on any atom is 2.00 e. The van der Waals surface area contributed by atoms with Gasteiger partial charge in [-0.15, -0.1) is 13.1 Å². The van der Waals surface area contributed by atoms with Gasteiger partial charge in [0.2, 0.25) is 0 Å². The summed E-state index contributed by atoms with van der Waals surface area (Å²) < 4.78 is 0. The minimum atomic E-state index is 0.